The first kappa shape index (κ1) is 21.8. The van der Waals surface area contributed by atoms with Crippen molar-refractivity contribution < 1.29 is 4.74 Å². The van der Waals surface area contributed by atoms with E-state index in [9.17, 15) is 4.79 Å². The van der Waals surface area contributed by atoms with E-state index in [0.29, 0.717) is 13.2 Å². The van der Waals surface area contributed by atoms with E-state index in [0.717, 1.165) is 47.3 Å². The van der Waals surface area contributed by atoms with Crippen LogP contribution in [0.2, 0.25) is 0 Å². The normalized spacial score (nSPS) is 15.0. The number of morpholine rings is 1. The van der Waals surface area contributed by atoms with E-state index >= 15 is 0 Å². The fourth-order valence-electron chi connectivity index (χ4n) is 4.12. The Morgan fingerprint density at radius 1 is 1.03 bits per heavy atom. The summed E-state index contributed by atoms with van der Waals surface area (Å²) >= 11 is 5.19. The maximum Gasteiger partial charge on any atom is 0.250 e. The number of H-pyrrole nitrogens is 1. The number of fused-ring (bicyclic) bond motifs is 2. The van der Waals surface area contributed by atoms with Gasteiger partial charge in [-0.2, -0.15) is 0 Å². The lowest BCUT2D eigenvalue weighted by molar-refractivity contribution is 0.122. The highest BCUT2D eigenvalue weighted by molar-refractivity contribution is 8.05. The first-order valence-electron chi connectivity index (χ1n) is 11.1. The van der Waals surface area contributed by atoms with Crippen molar-refractivity contribution in [3.05, 3.63) is 75.5 Å². The third-order valence-corrected chi connectivity index (χ3v) is 9.15. The summed E-state index contributed by atoms with van der Waals surface area (Å²) < 4.78 is 5.48. The van der Waals surface area contributed by atoms with Crippen molar-refractivity contribution in [2.45, 2.75) is 26.1 Å². The van der Waals surface area contributed by atoms with Gasteiger partial charge in [-0.3, -0.25) is 4.79 Å². The quantitative estimate of drug-likeness (QED) is 0.323. The summed E-state index contributed by atoms with van der Waals surface area (Å²) in [7, 11) is 0. The number of anilines is 2. The average molecular weight is 507 g/mol. The summed E-state index contributed by atoms with van der Waals surface area (Å²) in [6, 6.07) is 16.6. The van der Waals surface area contributed by atoms with Gasteiger partial charge in [0.1, 0.15) is 5.01 Å². The van der Waals surface area contributed by atoms with Crippen LogP contribution in [0.1, 0.15) is 5.01 Å². The van der Waals surface area contributed by atoms with Crippen LogP contribution in [-0.4, -0.2) is 36.3 Å². The molecular weight excluding hydrogens is 485 g/mol. The van der Waals surface area contributed by atoms with E-state index < -0.39 is 0 Å². The second kappa shape index (κ2) is 9.50. The summed E-state index contributed by atoms with van der Waals surface area (Å²) in [5.41, 5.74) is 3.86. The Kier molecular flexibility index (Phi) is 6.09. The Hall–Kier alpha value is -2.72. The predicted octanol–water partition coefficient (Wildman–Crippen LogP) is 5.56. The number of nitrogens with zero attached hydrogens (tertiary/aromatic N) is 2. The predicted molar refractivity (Wildman–Crippen MR) is 140 cm³/mol. The lowest BCUT2D eigenvalue weighted by Crippen LogP contribution is -2.36. The fraction of sp³-hybridized carbons (Fsp3) is 0.200. The molecule has 0 bridgehead atoms. The van der Waals surface area contributed by atoms with Crippen molar-refractivity contribution in [3.8, 4) is 11.3 Å². The van der Waals surface area contributed by atoms with Gasteiger partial charge in [-0.05, 0) is 30.3 Å². The molecule has 9 heteroatoms. The second-order valence-corrected chi connectivity index (χ2v) is 11.1. The number of thiazole rings is 1. The van der Waals surface area contributed by atoms with Crippen molar-refractivity contribution in [2.24, 2.45) is 0 Å². The van der Waals surface area contributed by atoms with Gasteiger partial charge < -0.3 is 19.9 Å². The van der Waals surface area contributed by atoms with Crippen molar-refractivity contribution in [3.63, 3.8) is 0 Å². The Labute approximate surface area is 209 Å². The molecule has 0 unspecified atom stereocenters. The first-order valence-corrected chi connectivity index (χ1v) is 13.6. The summed E-state index contributed by atoms with van der Waals surface area (Å²) in [6.07, 6.45) is 1.83. The highest BCUT2D eigenvalue weighted by atomic mass is 32.2. The Morgan fingerprint density at radius 2 is 1.94 bits per heavy atom. The molecule has 2 N–H and O–H groups in total. The zero-order valence-electron chi connectivity index (χ0n) is 18.2. The molecule has 0 spiro atoms. The van der Waals surface area contributed by atoms with Gasteiger partial charge in [-0.25, -0.2) is 4.98 Å². The van der Waals surface area contributed by atoms with E-state index in [2.05, 4.69) is 62.6 Å². The molecule has 0 saturated carbocycles. The van der Waals surface area contributed by atoms with Gasteiger partial charge in [0.2, 0.25) is 5.56 Å². The van der Waals surface area contributed by atoms with E-state index in [-0.39, 0.29) is 5.56 Å². The minimum Gasteiger partial charge on any atom is -0.378 e. The number of aromatic nitrogens is 2. The number of hydrogen-bond donors (Lipinski definition) is 2. The molecular formula is C25H22N4O2S3. The van der Waals surface area contributed by atoms with Gasteiger partial charge in [0.25, 0.3) is 0 Å². The van der Waals surface area contributed by atoms with Crippen LogP contribution in [0.5, 0.6) is 0 Å². The summed E-state index contributed by atoms with van der Waals surface area (Å²) in [5, 5.41) is 6.54. The number of rotatable bonds is 5. The maximum absolute atomic E-state index is 12.5. The van der Waals surface area contributed by atoms with Crippen LogP contribution in [-0.2, 0) is 11.3 Å². The minimum atomic E-state index is -0.0820. The lowest BCUT2D eigenvalue weighted by Gasteiger charge is -2.29. The maximum atomic E-state index is 12.5. The average Bonchev–Trinajstić information content (AvgIpc) is 3.40. The zero-order valence-corrected chi connectivity index (χ0v) is 20.7. The molecule has 2 aromatic carbocycles. The highest BCUT2D eigenvalue weighted by Gasteiger charge is 2.22. The van der Waals surface area contributed by atoms with Crippen LogP contribution in [0.3, 0.4) is 0 Å². The molecule has 2 aromatic heterocycles. The van der Waals surface area contributed by atoms with Crippen LogP contribution in [0.15, 0.2) is 84.5 Å². The third kappa shape index (κ3) is 4.48. The summed E-state index contributed by atoms with van der Waals surface area (Å²) in [5.74, 6) is 0. The smallest absolute Gasteiger partial charge is 0.250 e. The van der Waals surface area contributed by atoms with Crippen molar-refractivity contribution in [1.29, 1.82) is 0 Å². The standard InChI is InChI=1S/C25H22N4O2S3/c30-23-14-17(29-7-9-31-10-8-29)13-19(28-23)18-2-1-3-21-25(18)34-20-5-4-16(12-22(20)33-21)27-15-24-26-6-11-32-24/h1-6,11-14,27H,7-10,15H2,(H,28,30). The molecule has 2 aliphatic rings. The molecule has 2 aliphatic heterocycles. The van der Waals surface area contributed by atoms with Crippen LogP contribution >= 0.6 is 34.9 Å². The molecule has 172 valence electrons. The molecule has 6 rings (SSSR count). The number of pyridine rings is 1. The summed E-state index contributed by atoms with van der Waals surface area (Å²) in [4.78, 5) is 27.0. The van der Waals surface area contributed by atoms with E-state index in [1.807, 2.05) is 11.6 Å². The molecule has 4 heterocycles. The number of benzene rings is 2. The molecule has 1 fully saturated rings. The van der Waals surface area contributed by atoms with E-state index in [4.69, 9.17) is 4.74 Å². The third-order valence-electron chi connectivity index (χ3n) is 5.78. The van der Waals surface area contributed by atoms with E-state index in [1.54, 1.807) is 40.9 Å². The van der Waals surface area contributed by atoms with Gasteiger partial charge in [-0.1, -0.05) is 35.7 Å². The highest BCUT2D eigenvalue weighted by Crippen LogP contribution is 2.52. The van der Waals surface area contributed by atoms with Gasteiger partial charge in [0.05, 0.1) is 25.5 Å². The Morgan fingerprint density at radius 3 is 2.79 bits per heavy atom. The topological polar surface area (TPSA) is 70.2 Å². The van der Waals surface area contributed by atoms with Crippen molar-refractivity contribution >= 4 is 46.2 Å². The molecule has 4 aromatic rings. The Bertz CT molecular complexity index is 1380. The zero-order chi connectivity index (χ0) is 22.9. The molecule has 0 amide bonds. The SMILES string of the molecule is O=c1cc(N2CCOCC2)cc(-c2cccc3c2Sc2ccc(NCc4nccs4)cc2S3)[nH]1. The van der Waals surface area contributed by atoms with Crippen LogP contribution in [0.25, 0.3) is 11.3 Å². The largest absolute Gasteiger partial charge is 0.378 e. The van der Waals surface area contributed by atoms with E-state index in [1.165, 1.54) is 19.6 Å². The summed E-state index contributed by atoms with van der Waals surface area (Å²) in [6.45, 7) is 3.70. The molecule has 34 heavy (non-hydrogen) atoms. The Balaban J connectivity index is 1.29. The number of nitrogens with one attached hydrogen (secondary N) is 2. The van der Waals surface area contributed by atoms with Crippen molar-refractivity contribution in [2.75, 3.05) is 36.5 Å². The van der Waals surface area contributed by atoms with Crippen LogP contribution < -0.4 is 15.8 Å². The molecule has 0 radical (unpaired) electrons. The first-order chi connectivity index (χ1) is 16.7. The molecule has 0 aliphatic carbocycles. The van der Waals surface area contributed by atoms with Crippen LogP contribution in [0, 0.1) is 0 Å². The monoisotopic (exact) mass is 506 g/mol. The van der Waals surface area contributed by atoms with Gasteiger partial charge in [-0.15, -0.1) is 11.3 Å². The van der Waals surface area contributed by atoms with Crippen LogP contribution in [0.4, 0.5) is 11.4 Å². The molecule has 1 saturated heterocycles. The lowest BCUT2D eigenvalue weighted by atomic mass is 10.1. The fourth-order valence-corrected chi connectivity index (χ4v) is 7.09. The molecule has 6 nitrogen and oxygen atoms in total. The second-order valence-electron chi connectivity index (χ2n) is 7.99. The minimum absolute atomic E-state index is 0.0820. The molecule has 0 atom stereocenters. The van der Waals surface area contributed by atoms with Crippen molar-refractivity contribution in [1.82, 2.24) is 9.97 Å². The number of ether oxygens (including phenoxy) is 1. The van der Waals surface area contributed by atoms with Gasteiger partial charge >= 0.3 is 0 Å². The van der Waals surface area contributed by atoms with Gasteiger partial charge in [0, 0.05) is 67.3 Å². The van der Waals surface area contributed by atoms with Gasteiger partial charge in [0.15, 0.2) is 0 Å². The number of aromatic amines is 1. The number of hydrogen-bond acceptors (Lipinski definition) is 8.